The monoisotopic (exact) mass is 485 g/mol. The molecule has 9 heteroatoms. The number of hydrogen-bond acceptors (Lipinski definition) is 6. The van der Waals surface area contributed by atoms with Crippen molar-refractivity contribution in [3.63, 3.8) is 0 Å². The standard InChI is InChI=1S/C27H28FN7O/c28-20-11-19(13-30-14-20)23-7-9-31-35(23)25(36)27-16-26(17-27,18-27)8-3-1-2-4-10-34-24-6-5-21(12-29)33-22(24)15-32-34/h5-6,9,11,13-15,23H,1-4,7-8,10,16-18H2. The van der Waals surface area contributed by atoms with E-state index in [0.29, 0.717) is 23.1 Å². The van der Waals surface area contributed by atoms with Gasteiger partial charge in [0.05, 0.1) is 29.4 Å². The molecule has 3 aromatic rings. The summed E-state index contributed by atoms with van der Waals surface area (Å²) in [7, 11) is 0. The maximum Gasteiger partial charge on any atom is 0.249 e. The fourth-order valence-electron chi connectivity index (χ4n) is 6.55. The van der Waals surface area contributed by atoms with Gasteiger partial charge in [-0.25, -0.2) is 14.4 Å². The van der Waals surface area contributed by atoms with Gasteiger partial charge in [-0.15, -0.1) is 0 Å². The predicted molar refractivity (Wildman–Crippen MR) is 131 cm³/mol. The molecule has 1 amide bonds. The number of hydrogen-bond donors (Lipinski definition) is 0. The molecule has 4 aliphatic rings. The summed E-state index contributed by atoms with van der Waals surface area (Å²) in [5.41, 5.74) is 2.92. The number of pyridine rings is 2. The van der Waals surface area contributed by atoms with E-state index in [-0.39, 0.29) is 23.2 Å². The van der Waals surface area contributed by atoms with E-state index in [9.17, 15) is 9.18 Å². The molecule has 8 nitrogen and oxygen atoms in total. The minimum atomic E-state index is -0.388. The number of rotatable bonds is 9. The Bertz CT molecular complexity index is 1370. The fourth-order valence-corrected chi connectivity index (χ4v) is 6.55. The number of unbranched alkanes of at least 4 members (excludes halogenated alkanes) is 3. The first kappa shape index (κ1) is 22.8. The molecule has 36 heavy (non-hydrogen) atoms. The molecular formula is C27H28FN7O. The van der Waals surface area contributed by atoms with Crippen molar-refractivity contribution in [2.45, 2.75) is 70.4 Å². The van der Waals surface area contributed by atoms with Crippen molar-refractivity contribution in [1.29, 1.82) is 5.26 Å². The van der Waals surface area contributed by atoms with E-state index in [0.717, 1.165) is 49.7 Å². The van der Waals surface area contributed by atoms with Gasteiger partial charge in [0.15, 0.2) is 0 Å². The van der Waals surface area contributed by atoms with Crippen LogP contribution in [-0.4, -0.2) is 36.9 Å². The van der Waals surface area contributed by atoms with E-state index in [1.807, 2.05) is 10.7 Å². The number of hydrazone groups is 1. The van der Waals surface area contributed by atoms with Crippen LogP contribution >= 0.6 is 0 Å². The summed E-state index contributed by atoms with van der Waals surface area (Å²) < 4.78 is 15.6. The minimum Gasteiger partial charge on any atom is -0.272 e. The molecule has 184 valence electrons. The number of fused-ring (bicyclic) bond motifs is 1. The summed E-state index contributed by atoms with van der Waals surface area (Å²) in [5.74, 6) is -0.296. The van der Waals surface area contributed by atoms with E-state index >= 15 is 0 Å². The molecule has 2 bridgehead atoms. The third kappa shape index (κ3) is 3.85. The van der Waals surface area contributed by atoms with Gasteiger partial charge in [-0.1, -0.05) is 19.3 Å². The Hall–Kier alpha value is -3.67. The van der Waals surface area contributed by atoms with E-state index in [1.165, 1.54) is 31.5 Å². The van der Waals surface area contributed by atoms with Crippen LogP contribution < -0.4 is 0 Å². The van der Waals surface area contributed by atoms with Crippen LogP contribution in [0.15, 0.2) is 41.9 Å². The molecule has 1 atom stereocenters. The summed E-state index contributed by atoms with van der Waals surface area (Å²) in [5, 5.41) is 19.3. The van der Waals surface area contributed by atoms with Crippen LogP contribution in [0.1, 0.15) is 75.1 Å². The molecule has 0 radical (unpaired) electrons. The Labute approximate surface area is 208 Å². The maximum atomic E-state index is 13.7. The summed E-state index contributed by atoms with van der Waals surface area (Å²) >= 11 is 0. The molecule has 1 unspecified atom stereocenters. The van der Waals surface area contributed by atoms with Crippen LogP contribution in [0, 0.1) is 28.0 Å². The second-order valence-electron chi connectivity index (χ2n) is 10.7. The zero-order valence-electron chi connectivity index (χ0n) is 20.1. The first-order valence-electron chi connectivity index (χ1n) is 12.7. The Balaban J connectivity index is 0.939. The van der Waals surface area contributed by atoms with Crippen molar-refractivity contribution in [3.05, 3.63) is 53.9 Å². The molecule has 3 aliphatic carbocycles. The van der Waals surface area contributed by atoms with E-state index in [4.69, 9.17) is 5.26 Å². The van der Waals surface area contributed by atoms with Crippen molar-refractivity contribution in [2.24, 2.45) is 15.9 Å². The molecule has 3 aromatic heterocycles. The van der Waals surface area contributed by atoms with Gasteiger partial charge in [-0.2, -0.15) is 15.5 Å². The van der Waals surface area contributed by atoms with E-state index in [2.05, 4.69) is 26.2 Å². The zero-order chi connectivity index (χ0) is 24.8. The van der Waals surface area contributed by atoms with Gasteiger partial charge in [0, 0.05) is 25.4 Å². The second kappa shape index (κ2) is 8.77. The Morgan fingerprint density at radius 2 is 1.97 bits per heavy atom. The summed E-state index contributed by atoms with van der Waals surface area (Å²) in [6.07, 6.45) is 15.5. The van der Waals surface area contributed by atoms with Gasteiger partial charge >= 0.3 is 0 Å². The first-order chi connectivity index (χ1) is 17.5. The molecule has 4 heterocycles. The molecule has 7 rings (SSSR count). The van der Waals surface area contributed by atoms with Crippen molar-refractivity contribution >= 4 is 23.2 Å². The fraction of sp³-hybridized carbons (Fsp3) is 0.481. The number of carbonyl (C=O) groups is 1. The SMILES string of the molecule is N#Cc1ccc2c(cnn2CCCCCCC23CC(C(=O)N4N=CCC4c4cncc(F)c4)(C2)C3)n1. The van der Waals surface area contributed by atoms with Crippen LogP contribution in [-0.2, 0) is 11.3 Å². The maximum absolute atomic E-state index is 13.7. The summed E-state index contributed by atoms with van der Waals surface area (Å²) in [6, 6.07) is 6.91. The lowest BCUT2D eigenvalue weighted by Crippen LogP contribution is -2.67. The van der Waals surface area contributed by atoms with E-state index < -0.39 is 0 Å². The summed E-state index contributed by atoms with van der Waals surface area (Å²) in [4.78, 5) is 21.6. The van der Waals surface area contributed by atoms with Gasteiger partial charge in [0.1, 0.15) is 23.1 Å². The van der Waals surface area contributed by atoms with Gasteiger partial charge in [-0.05, 0) is 61.3 Å². The Kier molecular flexibility index (Phi) is 5.55. The molecular weight excluding hydrogens is 457 g/mol. The van der Waals surface area contributed by atoms with Gasteiger partial charge < -0.3 is 0 Å². The molecule has 0 aromatic carbocycles. The molecule has 3 saturated carbocycles. The Morgan fingerprint density at radius 3 is 2.78 bits per heavy atom. The van der Waals surface area contributed by atoms with Crippen LogP contribution in [0.5, 0.6) is 0 Å². The summed E-state index contributed by atoms with van der Waals surface area (Å²) in [6.45, 7) is 0.845. The third-order valence-corrected chi connectivity index (χ3v) is 8.18. The van der Waals surface area contributed by atoms with E-state index in [1.54, 1.807) is 29.7 Å². The topological polar surface area (TPSA) is 100 Å². The molecule has 1 aliphatic heterocycles. The molecule has 0 saturated heterocycles. The van der Waals surface area contributed by atoms with Crippen LogP contribution in [0.4, 0.5) is 4.39 Å². The lowest BCUT2D eigenvalue weighted by molar-refractivity contribution is -0.220. The van der Waals surface area contributed by atoms with Crippen molar-refractivity contribution < 1.29 is 9.18 Å². The second-order valence-corrected chi connectivity index (χ2v) is 10.7. The number of nitrogens with zero attached hydrogens (tertiary/aromatic N) is 7. The minimum absolute atomic E-state index is 0.0928. The van der Waals surface area contributed by atoms with Crippen molar-refractivity contribution in [2.75, 3.05) is 0 Å². The first-order valence-corrected chi connectivity index (χ1v) is 12.7. The van der Waals surface area contributed by atoms with Crippen LogP contribution in [0.25, 0.3) is 11.0 Å². The average molecular weight is 486 g/mol. The zero-order valence-corrected chi connectivity index (χ0v) is 20.1. The number of nitriles is 1. The highest BCUT2D eigenvalue weighted by molar-refractivity contribution is 5.88. The smallest absolute Gasteiger partial charge is 0.249 e. The quantitative estimate of drug-likeness (QED) is 0.401. The third-order valence-electron chi connectivity index (χ3n) is 8.18. The van der Waals surface area contributed by atoms with Gasteiger partial charge in [-0.3, -0.25) is 14.5 Å². The largest absolute Gasteiger partial charge is 0.272 e. The highest BCUT2D eigenvalue weighted by Crippen LogP contribution is 2.76. The Morgan fingerprint density at radius 1 is 1.14 bits per heavy atom. The van der Waals surface area contributed by atoms with Crippen LogP contribution in [0.3, 0.4) is 0 Å². The van der Waals surface area contributed by atoms with Crippen LogP contribution in [0.2, 0.25) is 0 Å². The number of aromatic nitrogens is 4. The molecule has 0 N–H and O–H groups in total. The number of amides is 1. The predicted octanol–water partition coefficient (Wildman–Crippen LogP) is 4.92. The van der Waals surface area contributed by atoms with Crippen molar-refractivity contribution in [1.82, 2.24) is 24.8 Å². The molecule has 0 spiro atoms. The normalized spacial score (nSPS) is 26.0. The lowest BCUT2D eigenvalue weighted by atomic mass is 9.33. The van der Waals surface area contributed by atoms with Gasteiger partial charge in [0.2, 0.25) is 5.91 Å². The highest BCUT2D eigenvalue weighted by Gasteiger charge is 2.71. The van der Waals surface area contributed by atoms with Gasteiger partial charge in [0.25, 0.3) is 0 Å². The number of carbonyl (C=O) groups excluding carboxylic acids is 1. The lowest BCUT2D eigenvalue weighted by Gasteiger charge is -2.70. The van der Waals surface area contributed by atoms with Crippen molar-refractivity contribution in [3.8, 4) is 6.07 Å². The molecule has 3 fully saturated rings. The average Bonchev–Trinajstić information content (AvgIpc) is 3.48. The highest BCUT2D eigenvalue weighted by atomic mass is 19.1. The number of halogens is 1. The number of aryl methyl sites for hydroxylation is 1.